The van der Waals surface area contributed by atoms with E-state index in [0.717, 1.165) is 0 Å². The summed E-state index contributed by atoms with van der Waals surface area (Å²) in [5, 5.41) is 18.6. The fraction of sp³-hybridized carbons (Fsp3) is 0.571. The van der Waals surface area contributed by atoms with Crippen molar-refractivity contribution < 1.29 is 14.9 Å². The van der Waals surface area contributed by atoms with E-state index in [4.69, 9.17) is 9.84 Å². The van der Waals surface area contributed by atoms with Crippen molar-refractivity contribution in [1.29, 1.82) is 0 Å². The molecule has 66 valence electrons. The molecule has 1 aliphatic rings. The minimum absolute atomic E-state index is 0.171. The van der Waals surface area contributed by atoms with Crippen LogP contribution in [0.3, 0.4) is 0 Å². The number of rotatable bonds is 1. The smallest absolute Gasteiger partial charge is 0.127 e. The van der Waals surface area contributed by atoms with E-state index in [2.05, 4.69) is 9.97 Å². The zero-order valence-electron chi connectivity index (χ0n) is 6.34. The van der Waals surface area contributed by atoms with Crippen LogP contribution in [0, 0.1) is 0 Å². The molecule has 3 atom stereocenters. The Hall–Kier alpha value is -0.910. The highest BCUT2D eigenvalue weighted by Crippen LogP contribution is 2.27. The van der Waals surface area contributed by atoms with Gasteiger partial charge < -0.3 is 19.9 Å². The van der Waals surface area contributed by atoms with Gasteiger partial charge in [0.15, 0.2) is 0 Å². The molecule has 5 heteroatoms. The van der Waals surface area contributed by atoms with Crippen molar-refractivity contribution >= 4 is 0 Å². The number of imidazole rings is 1. The summed E-state index contributed by atoms with van der Waals surface area (Å²) in [5.74, 6) is 0. The van der Waals surface area contributed by atoms with Gasteiger partial charge in [-0.3, -0.25) is 0 Å². The first-order valence-corrected chi connectivity index (χ1v) is 3.75. The first-order chi connectivity index (χ1) is 5.79. The molecule has 0 amide bonds. The molecular weight excluding hydrogens is 160 g/mol. The lowest BCUT2D eigenvalue weighted by molar-refractivity contribution is 0.0207. The molecule has 2 rings (SSSR count). The van der Waals surface area contributed by atoms with Crippen molar-refractivity contribution in [2.75, 3.05) is 6.61 Å². The Kier molecular flexibility index (Phi) is 1.84. The van der Waals surface area contributed by atoms with Gasteiger partial charge in [-0.15, -0.1) is 0 Å². The maximum atomic E-state index is 9.41. The van der Waals surface area contributed by atoms with Gasteiger partial charge in [0.2, 0.25) is 0 Å². The number of nitrogens with one attached hydrogen (secondary N) is 1. The van der Waals surface area contributed by atoms with Crippen molar-refractivity contribution in [3.8, 4) is 0 Å². The van der Waals surface area contributed by atoms with Crippen molar-refractivity contribution in [3.05, 3.63) is 18.2 Å². The largest absolute Gasteiger partial charge is 0.388 e. The monoisotopic (exact) mass is 170 g/mol. The summed E-state index contributed by atoms with van der Waals surface area (Å²) in [6.07, 6.45) is 0.966. The van der Waals surface area contributed by atoms with Crippen LogP contribution in [0.4, 0.5) is 0 Å². The van der Waals surface area contributed by atoms with E-state index >= 15 is 0 Å². The Bertz CT molecular complexity index is 249. The van der Waals surface area contributed by atoms with Crippen LogP contribution in [-0.4, -0.2) is 39.0 Å². The van der Waals surface area contributed by atoms with Gasteiger partial charge in [0.25, 0.3) is 0 Å². The van der Waals surface area contributed by atoms with Gasteiger partial charge in [0, 0.05) is 0 Å². The number of ether oxygens (including phenoxy) is 1. The zero-order valence-corrected chi connectivity index (χ0v) is 6.34. The van der Waals surface area contributed by atoms with Crippen molar-refractivity contribution in [2.24, 2.45) is 0 Å². The molecule has 1 saturated heterocycles. The third kappa shape index (κ3) is 1.12. The summed E-state index contributed by atoms with van der Waals surface area (Å²) in [6, 6.07) is 0. The second kappa shape index (κ2) is 2.85. The molecule has 0 radical (unpaired) electrons. The maximum absolute atomic E-state index is 9.41. The SMILES string of the molecule is O[C@@H]1[C@H](O)CO[C@@H]1c1cnc[nH]1. The molecule has 1 fully saturated rings. The molecule has 1 aromatic heterocycles. The number of hydrogen-bond donors (Lipinski definition) is 3. The number of H-pyrrole nitrogens is 1. The predicted molar refractivity (Wildman–Crippen MR) is 39.3 cm³/mol. The molecule has 2 heterocycles. The van der Waals surface area contributed by atoms with Gasteiger partial charge in [-0.2, -0.15) is 0 Å². The van der Waals surface area contributed by atoms with E-state index in [1.165, 1.54) is 6.33 Å². The summed E-state index contributed by atoms with van der Waals surface area (Å²) in [5.41, 5.74) is 0.694. The molecular formula is C7H10N2O3. The molecule has 5 nitrogen and oxygen atoms in total. The lowest BCUT2D eigenvalue weighted by atomic mass is 10.1. The predicted octanol–water partition coefficient (Wildman–Crippen LogP) is -0.797. The highest BCUT2D eigenvalue weighted by Gasteiger charge is 2.36. The molecule has 0 spiro atoms. The molecule has 1 aromatic rings. The lowest BCUT2D eigenvalue weighted by Crippen LogP contribution is -2.25. The molecule has 0 bridgehead atoms. The van der Waals surface area contributed by atoms with E-state index < -0.39 is 18.3 Å². The number of hydrogen-bond acceptors (Lipinski definition) is 4. The van der Waals surface area contributed by atoms with Gasteiger partial charge in [-0.1, -0.05) is 0 Å². The van der Waals surface area contributed by atoms with Crippen LogP contribution in [0.2, 0.25) is 0 Å². The normalized spacial score (nSPS) is 35.7. The summed E-state index contributed by atoms with van der Waals surface area (Å²) in [7, 11) is 0. The fourth-order valence-corrected chi connectivity index (χ4v) is 1.30. The summed E-state index contributed by atoms with van der Waals surface area (Å²) in [6.45, 7) is 0.171. The number of aliphatic hydroxyl groups is 2. The highest BCUT2D eigenvalue weighted by atomic mass is 16.5. The van der Waals surface area contributed by atoms with E-state index in [1.54, 1.807) is 6.20 Å². The minimum atomic E-state index is -0.856. The second-order valence-electron chi connectivity index (χ2n) is 2.82. The molecule has 0 aliphatic carbocycles. The van der Waals surface area contributed by atoms with E-state index in [9.17, 15) is 5.11 Å². The van der Waals surface area contributed by atoms with Crippen LogP contribution >= 0.6 is 0 Å². The maximum Gasteiger partial charge on any atom is 0.127 e. The molecule has 0 aromatic carbocycles. The summed E-state index contributed by atoms with van der Waals surface area (Å²) in [4.78, 5) is 6.62. The first kappa shape index (κ1) is 7.72. The Morgan fingerprint density at radius 3 is 2.92 bits per heavy atom. The van der Waals surface area contributed by atoms with Gasteiger partial charge in [-0.25, -0.2) is 4.98 Å². The van der Waals surface area contributed by atoms with Crippen LogP contribution in [0.1, 0.15) is 11.8 Å². The summed E-state index contributed by atoms with van der Waals surface area (Å²) < 4.78 is 5.15. The lowest BCUT2D eigenvalue weighted by Gasteiger charge is -2.11. The van der Waals surface area contributed by atoms with Gasteiger partial charge >= 0.3 is 0 Å². The minimum Gasteiger partial charge on any atom is -0.388 e. The average Bonchev–Trinajstić information content (AvgIpc) is 2.64. The Labute approximate surface area is 69.0 Å². The molecule has 0 unspecified atom stereocenters. The van der Waals surface area contributed by atoms with Crippen molar-refractivity contribution in [2.45, 2.75) is 18.3 Å². The molecule has 12 heavy (non-hydrogen) atoms. The number of aliphatic hydroxyl groups excluding tert-OH is 2. The highest BCUT2D eigenvalue weighted by molar-refractivity contribution is 5.05. The van der Waals surface area contributed by atoms with E-state index in [-0.39, 0.29) is 6.61 Å². The number of aromatic nitrogens is 2. The van der Waals surface area contributed by atoms with Gasteiger partial charge in [-0.05, 0) is 0 Å². The van der Waals surface area contributed by atoms with Crippen LogP contribution in [0.5, 0.6) is 0 Å². The number of nitrogens with zero attached hydrogens (tertiary/aromatic N) is 1. The third-order valence-electron chi connectivity index (χ3n) is 1.98. The van der Waals surface area contributed by atoms with Crippen LogP contribution in [0.25, 0.3) is 0 Å². The molecule has 1 aliphatic heterocycles. The Balaban J connectivity index is 2.16. The molecule has 0 saturated carbocycles. The van der Waals surface area contributed by atoms with Gasteiger partial charge in [0.1, 0.15) is 18.3 Å². The number of aromatic amines is 1. The average molecular weight is 170 g/mol. The van der Waals surface area contributed by atoms with Crippen LogP contribution < -0.4 is 0 Å². The van der Waals surface area contributed by atoms with Crippen molar-refractivity contribution in [1.82, 2.24) is 9.97 Å². The Morgan fingerprint density at radius 1 is 1.58 bits per heavy atom. The van der Waals surface area contributed by atoms with Crippen LogP contribution in [0.15, 0.2) is 12.5 Å². The van der Waals surface area contributed by atoms with E-state index in [1.807, 2.05) is 0 Å². The third-order valence-corrected chi connectivity index (χ3v) is 1.98. The van der Waals surface area contributed by atoms with Crippen LogP contribution in [-0.2, 0) is 4.74 Å². The fourth-order valence-electron chi connectivity index (χ4n) is 1.30. The topological polar surface area (TPSA) is 78.4 Å². The standard InChI is InChI=1S/C7H10N2O3/c10-5-2-12-7(6(5)11)4-1-8-3-9-4/h1,3,5-7,10-11H,2H2,(H,8,9)/t5-,6-,7-/m1/s1. The first-order valence-electron chi connectivity index (χ1n) is 3.75. The summed E-state index contributed by atoms with van der Waals surface area (Å²) >= 11 is 0. The zero-order chi connectivity index (χ0) is 8.55. The van der Waals surface area contributed by atoms with E-state index in [0.29, 0.717) is 5.69 Å². The Morgan fingerprint density at radius 2 is 2.42 bits per heavy atom. The quantitative estimate of drug-likeness (QED) is 0.515. The molecule has 3 N–H and O–H groups in total. The second-order valence-corrected chi connectivity index (χ2v) is 2.82. The van der Waals surface area contributed by atoms with Crippen molar-refractivity contribution in [3.63, 3.8) is 0 Å². The van der Waals surface area contributed by atoms with Gasteiger partial charge in [0.05, 0.1) is 24.8 Å².